The van der Waals surface area contributed by atoms with Gasteiger partial charge in [-0.15, -0.1) is 0 Å². The first-order valence-corrected chi connectivity index (χ1v) is 9.38. The van der Waals surface area contributed by atoms with Gasteiger partial charge in [-0.05, 0) is 25.0 Å². The second-order valence-electron chi connectivity index (χ2n) is 6.21. The highest BCUT2D eigenvalue weighted by Gasteiger charge is 2.31. The van der Waals surface area contributed by atoms with Crippen molar-refractivity contribution in [3.63, 3.8) is 0 Å². The van der Waals surface area contributed by atoms with E-state index in [-0.39, 0.29) is 17.9 Å². The molecule has 2 atom stereocenters. The van der Waals surface area contributed by atoms with E-state index >= 15 is 0 Å². The number of nitrogens with zero attached hydrogens (tertiary/aromatic N) is 1. The number of morpholine rings is 1. The fraction of sp³-hybridized carbons (Fsp3) is 0.562. The van der Waals surface area contributed by atoms with Gasteiger partial charge in [0.15, 0.2) is 0 Å². The highest BCUT2D eigenvalue weighted by atomic mass is 32.2. The molecule has 134 valence electrons. The number of carbonyl (C=O) groups is 1. The van der Waals surface area contributed by atoms with E-state index in [1.54, 1.807) is 4.90 Å². The van der Waals surface area contributed by atoms with E-state index in [4.69, 9.17) is 4.74 Å². The van der Waals surface area contributed by atoms with Crippen LogP contribution >= 0.6 is 0 Å². The van der Waals surface area contributed by atoms with Crippen LogP contribution in [0, 0.1) is 11.7 Å². The standard InChI is InChI=1S/C16H23FN2O4S/c1-11(2)14-10-19(8-9-23-14)16(20)12(3)18-24(21,22)15-7-5-4-6-13(15)17/h4-7,11-12,14,18H,8-10H2,1-3H3/t12-,14-/m0/s1. The van der Waals surface area contributed by atoms with Gasteiger partial charge in [0.05, 0.1) is 18.8 Å². The highest BCUT2D eigenvalue weighted by Crippen LogP contribution is 2.16. The summed E-state index contributed by atoms with van der Waals surface area (Å²) in [5, 5.41) is 0. The molecule has 1 aliphatic rings. The Bertz CT molecular complexity index is 693. The molecule has 24 heavy (non-hydrogen) atoms. The molecule has 0 bridgehead atoms. The number of hydrogen-bond donors (Lipinski definition) is 1. The number of nitrogens with one attached hydrogen (secondary N) is 1. The maximum Gasteiger partial charge on any atom is 0.244 e. The lowest BCUT2D eigenvalue weighted by Crippen LogP contribution is -2.53. The van der Waals surface area contributed by atoms with E-state index in [1.165, 1.54) is 25.1 Å². The maximum atomic E-state index is 13.7. The summed E-state index contributed by atoms with van der Waals surface area (Å²) in [5.41, 5.74) is 0. The Hall–Kier alpha value is -1.51. The molecule has 0 unspecified atom stereocenters. The van der Waals surface area contributed by atoms with Gasteiger partial charge < -0.3 is 9.64 Å². The molecule has 0 radical (unpaired) electrons. The summed E-state index contributed by atoms with van der Waals surface area (Å²) >= 11 is 0. The van der Waals surface area contributed by atoms with Gasteiger partial charge in [-0.1, -0.05) is 26.0 Å². The van der Waals surface area contributed by atoms with Gasteiger partial charge in [-0.25, -0.2) is 12.8 Å². The Morgan fingerprint density at radius 1 is 1.33 bits per heavy atom. The normalized spacial score (nSPS) is 20.2. The molecular weight excluding hydrogens is 335 g/mol. The van der Waals surface area contributed by atoms with Crippen molar-refractivity contribution in [2.75, 3.05) is 19.7 Å². The predicted octanol–water partition coefficient (Wildman–Crippen LogP) is 1.38. The smallest absolute Gasteiger partial charge is 0.244 e. The number of ether oxygens (including phenoxy) is 1. The Kier molecular flexibility index (Phi) is 5.95. The number of halogens is 1. The van der Waals surface area contributed by atoms with Gasteiger partial charge in [0.1, 0.15) is 10.7 Å². The van der Waals surface area contributed by atoms with Crippen molar-refractivity contribution in [1.82, 2.24) is 9.62 Å². The third kappa shape index (κ3) is 4.31. The van der Waals surface area contributed by atoms with Gasteiger partial charge >= 0.3 is 0 Å². The largest absolute Gasteiger partial charge is 0.374 e. The van der Waals surface area contributed by atoms with Crippen molar-refractivity contribution in [3.05, 3.63) is 30.1 Å². The van der Waals surface area contributed by atoms with E-state index in [9.17, 15) is 17.6 Å². The molecular formula is C16H23FN2O4S. The first-order chi connectivity index (χ1) is 11.2. The van der Waals surface area contributed by atoms with Crippen LogP contribution in [0.15, 0.2) is 29.2 Å². The molecule has 0 aromatic heterocycles. The molecule has 0 spiro atoms. The van der Waals surface area contributed by atoms with Gasteiger partial charge in [-0.2, -0.15) is 4.72 Å². The molecule has 1 aliphatic heterocycles. The van der Waals surface area contributed by atoms with Gasteiger partial charge in [0, 0.05) is 13.1 Å². The molecule has 1 saturated heterocycles. The quantitative estimate of drug-likeness (QED) is 0.863. The fourth-order valence-electron chi connectivity index (χ4n) is 2.56. The average molecular weight is 358 g/mol. The number of amides is 1. The molecule has 6 nitrogen and oxygen atoms in total. The summed E-state index contributed by atoms with van der Waals surface area (Å²) in [4.78, 5) is 13.6. The Morgan fingerprint density at radius 3 is 2.62 bits per heavy atom. The van der Waals surface area contributed by atoms with Crippen LogP contribution in [0.1, 0.15) is 20.8 Å². The summed E-state index contributed by atoms with van der Waals surface area (Å²) in [6.07, 6.45) is -0.0712. The number of sulfonamides is 1. The van der Waals surface area contributed by atoms with Crippen LogP contribution < -0.4 is 4.72 Å². The van der Waals surface area contributed by atoms with Crippen LogP contribution in [0.3, 0.4) is 0 Å². The third-order valence-electron chi connectivity index (χ3n) is 3.98. The maximum absolute atomic E-state index is 13.7. The first-order valence-electron chi connectivity index (χ1n) is 7.89. The molecule has 1 fully saturated rings. The zero-order valence-corrected chi connectivity index (χ0v) is 14.8. The minimum absolute atomic E-state index is 0.0712. The lowest BCUT2D eigenvalue weighted by Gasteiger charge is -2.36. The van der Waals surface area contributed by atoms with Crippen molar-refractivity contribution in [1.29, 1.82) is 0 Å². The predicted molar refractivity (Wildman–Crippen MR) is 87.3 cm³/mol. The van der Waals surface area contributed by atoms with E-state index in [2.05, 4.69) is 4.72 Å². The number of benzene rings is 1. The number of carbonyl (C=O) groups excluding carboxylic acids is 1. The zero-order valence-electron chi connectivity index (χ0n) is 14.0. The van der Waals surface area contributed by atoms with Crippen LogP contribution in [-0.4, -0.2) is 51.1 Å². The lowest BCUT2D eigenvalue weighted by atomic mass is 10.1. The van der Waals surface area contributed by atoms with Gasteiger partial charge in [-0.3, -0.25) is 4.79 Å². The molecule has 2 rings (SSSR count). The third-order valence-corrected chi connectivity index (χ3v) is 5.55. The molecule has 0 saturated carbocycles. The van der Waals surface area contributed by atoms with Crippen molar-refractivity contribution in [2.24, 2.45) is 5.92 Å². The molecule has 1 aromatic carbocycles. The van der Waals surface area contributed by atoms with Crippen LogP contribution in [0.2, 0.25) is 0 Å². The number of rotatable bonds is 5. The second kappa shape index (κ2) is 7.58. The molecule has 1 N–H and O–H groups in total. The summed E-state index contributed by atoms with van der Waals surface area (Å²) in [6, 6.07) is 4.08. The molecule has 1 heterocycles. The topological polar surface area (TPSA) is 75.7 Å². The lowest BCUT2D eigenvalue weighted by molar-refractivity contribution is -0.141. The van der Waals surface area contributed by atoms with Crippen molar-refractivity contribution in [2.45, 2.75) is 37.8 Å². The van der Waals surface area contributed by atoms with Crippen LogP contribution in [0.5, 0.6) is 0 Å². The van der Waals surface area contributed by atoms with Crippen LogP contribution in [0.4, 0.5) is 4.39 Å². The second-order valence-corrected chi connectivity index (χ2v) is 7.89. The van der Waals surface area contributed by atoms with E-state index in [1.807, 2.05) is 13.8 Å². The summed E-state index contributed by atoms with van der Waals surface area (Å²) in [5.74, 6) is -0.939. The SMILES string of the molecule is CC(C)[C@@H]1CN(C(=O)[C@H](C)NS(=O)(=O)c2ccccc2F)CCO1. The van der Waals surface area contributed by atoms with E-state index in [0.29, 0.717) is 19.7 Å². The highest BCUT2D eigenvalue weighted by molar-refractivity contribution is 7.89. The minimum Gasteiger partial charge on any atom is -0.374 e. The molecule has 0 aliphatic carbocycles. The number of hydrogen-bond acceptors (Lipinski definition) is 4. The average Bonchev–Trinajstić information content (AvgIpc) is 2.54. The molecule has 1 aromatic rings. The van der Waals surface area contributed by atoms with E-state index in [0.717, 1.165) is 6.07 Å². The summed E-state index contributed by atoms with van der Waals surface area (Å²) in [6.45, 7) is 6.71. The summed E-state index contributed by atoms with van der Waals surface area (Å²) < 4.78 is 46.1. The van der Waals surface area contributed by atoms with Crippen LogP contribution in [0.25, 0.3) is 0 Å². The zero-order chi connectivity index (χ0) is 17.9. The fourth-order valence-corrected chi connectivity index (χ4v) is 3.84. The van der Waals surface area contributed by atoms with Crippen molar-refractivity contribution >= 4 is 15.9 Å². The van der Waals surface area contributed by atoms with Crippen molar-refractivity contribution in [3.8, 4) is 0 Å². The van der Waals surface area contributed by atoms with Gasteiger partial charge in [0.2, 0.25) is 15.9 Å². The monoisotopic (exact) mass is 358 g/mol. The Morgan fingerprint density at radius 2 is 2.00 bits per heavy atom. The van der Waals surface area contributed by atoms with Crippen molar-refractivity contribution < 1.29 is 22.3 Å². The molecule has 8 heteroatoms. The molecule has 1 amide bonds. The first kappa shape index (κ1) is 18.8. The van der Waals surface area contributed by atoms with Gasteiger partial charge in [0.25, 0.3) is 0 Å². The van der Waals surface area contributed by atoms with Crippen LogP contribution in [-0.2, 0) is 19.6 Å². The Balaban J connectivity index is 2.07. The Labute approximate surface area is 142 Å². The minimum atomic E-state index is -4.11. The summed E-state index contributed by atoms with van der Waals surface area (Å²) in [7, 11) is -4.11. The van der Waals surface area contributed by atoms with E-state index < -0.39 is 26.8 Å².